The Kier molecular flexibility index (Phi) is 12.5. The lowest BCUT2D eigenvalue weighted by molar-refractivity contribution is -0.156. The highest BCUT2D eigenvalue weighted by Gasteiger charge is 2.32. The van der Waals surface area contributed by atoms with E-state index in [2.05, 4.69) is 5.32 Å². The molecule has 0 bridgehead atoms. The van der Waals surface area contributed by atoms with Gasteiger partial charge in [-0.25, -0.2) is 14.4 Å². The van der Waals surface area contributed by atoms with E-state index in [9.17, 15) is 24.0 Å². The smallest absolute Gasteiger partial charge is 0.408 e. The molecule has 0 spiro atoms. The summed E-state index contributed by atoms with van der Waals surface area (Å²) in [6.45, 7) is 18.3. The van der Waals surface area contributed by atoms with Crippen LogP contribution in [0.25, 0.3) is 0 Å². The number of esters is 4. The fourth-order valence-electron chi connectivity index (χ4n) is 3.50. The number of alkyl carbamates (subject to hydrolysis) is 1. The third kappa shape index (κ3) is 12.2. The van der Waals surface area contributed by atoms with Gasteiger partial charge >= 0.3 is 30.0 Å². The minimum absolute atomic E-state index is 0.0168. The number of hydrogen-bond acceptors (Lipinski definition) is 10. The van der Waals surface area contributed by atoms with E-state index in [0.29, 0.717) is 11.1 Å². The van der Waals surface area contributed by atoms with E-state index in [-0.39, 0.29) is 17.9 Å². The Bertz CT molecular complexity index is 1400. The Morgan fingerprint density at radius 3 is 1.74 bits per heavy atom. The van der Waals surface area contributed by atoms with E-state index in [4.69, 9.17) is 23.7 Å². The fourth-order valence-corrected chi connectivity index (χ4v) is 3.50. The highest BCUT2D eigenvalue weighted by molar-refractivity contribution is 5.89. The number of benzene rings is 2. The van der Waals surface area contributed by atoms with Gasteiger partial charge in [0, 0.05) is 6.42 Å². The van der Waals surface area contributed by atoms with Crippen molar-refractivity contribution in [2.24, 2.45) is 10.8 Å². The second-order valence-electron chi connectivity index (χ2n) is 14.1. The van der Waals surface area contributed by atoms with Crippen molar-refractivity contribution in [3.8, 4) is 11.5 Å². The molecule has 3 atom stereocenters. The van der Waals surface area contributed by atoms with Crippen LogP contribution in [0.15, 0.2) is 48.5 Å². The molecule has 0 aromatic heterocycles. The molecule has 1 amide bonds. The predicted octanol–water partition coefficient (Wildman–Crippen LogP) is 6.20. The van der Waals surface area contributed by atoms with E-state index in [1.165, 1.54) is 12.1 Å². The van der Waals surface area contributed by atoms with Crippen molar-refractivity contribution in [3.05, 3.63) is 59.7 Å². The van der Waals surface area contributed by atoms with Crippen molar-refractivity contribution >= 4 is 30.0 Å². The van der Waals surface area contributed by atoms with Gasteiger partial charge < -0.3 is 29.0 Å². The van der Waals surface area contributed by atoms with Crippen LogP contribution >= 0.6 is 0 Å². The van der Waals surface area contributed by atoms with E-state index in [0.717, 1.165) is 0 Å². The summed E-state index contributed by atoms with van der Waals surface area (Å²) < 4.78 is 27.6. The van der Waals surface area contributed by atoms with Crippen molar-refractivity contribution in [2.45, 2.75) is 106 Å². The summed E-state index contributed by atoms with van der Waals surface area (Å²) in [6.07, 6.45) is -2.68. The van der Waals surface area contributed by atoms with Crippen molar-refractivity contribution in [3.63, 3.8) is 0 Å². The van der Waals surface area contributed by atoms with Gasteiger partial charge in [0.25, 0.3) is 0 Å². The molecule has 0 aliphatic rings. The summed E-state index contributed by atoms with van der Waals surface area (Å²) in [7, 11) is 0. The Labute approximate surface area is 271 Å². The number of carbonyl (C=O) groups excluding carboxylic acids is 5. The van der Waals surface area contributed by atoms with Gasteiger partial charge in [-0.3, -0.25) is 9.59 Å². The van der Waals surface area contributed by atoms with Gasteiger partial charge in [-0.15, -0.1) is 0 Å². The van der Waals surface area contributed by atoms with Crippen LogP contribution < -0.4 is 14.8 Å². The largest absolute Gasteiger partial charge is 0.457 e. The van der Waals surface area contributed by atoms with Gasteiger partial charge in [0.2, 0.25) is 0 Å². The molecular weight excluding hydrogens is 594 g/mol. The molecule has 0 saturated carbocycles. The first kappa shape index (κ1) is 37.8. The van der Waals surface area contributed by atoms with Crippen LogP contribution in [-0.2, 0) is 35.0 Å². The average molecular weight is 642 g/mol. The van der Waals surface area contributed by atoms with Crippen LogP contribution in [0.5, 0.6) is 11.5 Å². The lowest BCUT2D eigenvalue weighted by atomic mass is 9.97. The Morgan fingerprint density at radius 2 is 1.22 bits per heavy atom. The fraction of sp³-hybridized carbons (Fsp3) is 0.514. The highest BCUT2D eigenvalue weighted by atomic mass is 16.6. The van der Waals surface area contributed by atoms with Gasteiger partial charge in [-0.05, 0) is 106 Å². The number of amides is 1. The number of carbonyl (C=O) groups is 5. The molecule has 252 valence electrons. The molecule has 0 fully saturated rings. The zero-order valence-corrected chi connectivity index (χ0v) is 28.6. The summed E-state index contributed by atoms with van der Waals surface area (Å²) in [5.74, 6) is -2.54. The van der Waals surface area contributed by atoms with E-state index < -0.39 is 64.7 Å². The minimum Gasteiger partial charge on any atom is -0.457 e. The maximum atomic E-state index is 13.4. The van der Waals surface area contributed by atoms with Crippen LogP contribution in [0.4, 0.5) is 4.79 Å². The zero-order valence-electron chi connectivity index (χ0n) is 28.6. The van der Waals surface area contributed by atoms with Crippen LogP contribution in [0, 0.1) is 10.8 Å². The molecule has 0 aliphatic carbocycles. The van der Waals surface area contributed by atoms with Crippen LogP contribution in [0.2, 0.25) is 0 Å². The minimum atomic E-state index is -1.26. The highest BCUT2D eigenvalue weighted by Crippen LogP contribution is 2.33. The lowest BCUT2D eigenvalue weighted by Gasteiger charge is -2.26. The molecule has 1 N–H and O–H groups in total. The summed E-state index contributed by atoms with van der Waals surface area (Å²) >= 11 is 0. The Hall–Kier alpha value is -4.41. The zero-order chi connectivity index (χ0) is 35.0. The summed E-state index contributed by atoms with van der Waals surface area (Å²) in [6, 6.07) is 11.6. The Morgan fingerprint density at radius 1 is 0.696 bits per heavy atom. The van der Waals surface area contributed by atoms with E-state index >= 15 is 0 Å². The van der Waals surface area contributed by atoms with Gasteiger partial charge in [-0.1, -0.05) is 24.3 Å². The molecular formula is C35H47NO10. The summed E-state index contributed by atoms with van der Waals surface area (Å²) in [5, 5.41) is 2.55. The predicted molar refractivity (Wildman–Crippen MR) is 170 cm³/mol. The third-order valence-corrected chi connectivity index (χ3v) is 6.32. The first-order valence-corrected chi connectivity index (χ1v) is 15.1. The molecule has 0 heterocycles. The first-order valence-electron chi connectivity index (χ1n) is 15.1. The molecule has 11 nitrogen and oxygen atoms in total. The second kappa shape index (κ2) is 15.2. The van der Waals surface area contributed by atoms with Crippen molar-refractivity contribution in [1.82, 2.24) is 5.32 Å². The topological polar surface area (TPSA) is 144 Å². The number of nitrogens with one attached hydrogen (secondary N) is 1. The number of rotatable bonds is 10. The van der Waals surface area contributed by atoms with Crippen LogP contribution in [0.1, 0.15) is 92.1 Å². The number of ether oxygens (including phenoxy) is 5. The normalized spacial score (nSPS) is 13.8. The third-order valence-electron chi connectivity index (χ3n) is 6.32. The van der Waals surface area contributed by atoms with Crippen molar-refractivity contribution in [1.29, 1.82) is 0 Å². The molecule has 0 unspecified atom stereocenters. The van der Waals surface area contributed by atoms with Gasteiger partial charge in [-0.2, -0.15) is 0 Å². The van der Waals surface area contributed by atoms with Crippen molar-refractivity contribution < 1.29 is 47.7 Å². The molecule has 0 aliphatic heterocycles. The quantitative estimate of drug-likeness (QED) is 0.181. The second-order valence-corrected chi connectivity index (χ2v) is 14.1. The molecule has 2 aromatic carbocycles. The maximum absolute atomic E-state index is 13.4. The van der Waals surface area contributed by atoms with Gasteiger partial charge in [0.05, 0.1) is 16.4 Å². The molecule has 0 radical (unpaired) electrons. The maximum Gasteiger partial charge on any atom is 0.408 e. The van der Waals surface area contributed by atoms with Crippen molar-refractivity contribution in [2.75, 3.05) is 0 Å². The summed E-state index contributed by atoms with van der Waals surface area (Å²) in [5.41, 5.74) is -1.76. The van der Waals surface area contributed by atoms with Crippen LogP contribution in [-0.4, -0.2) is 53.8 Å². The molecule has 11 heteroatoms. The van der Waals surface area contributed by atoms with E-state index in [1.807, 2.05) is 0 Å². The SMILES string of the molecule is C[C@H](OC(=O)[C@H](Cc1ccc(OC(=O)C(C)(C)C)c(OC(=O)C(C)(C)C)c1)NC(=O)OC(C)(C)C)[C@@H](C)OC(=O)c1ccccc1. The monoisotopic (exact) mass is 641 g/mol. The van der Waals surface area contributed by atoms with Gasteiger partial charge in [0.1, 0.15) is 23.9 Å². The number of hydrogen-bond donors (Lipinski definition) is 1. The van der Waals surface area contributed by atoms with Crippen LogP contribution in [0.3, 0.4) is 0 Å². The molecule has 46 heavy (non-hydrogen) atoms. The molecule has 0 saturated heterocycles. The molecule has 2 rings (SSSR count). The summed E-state index contributed by atoms with van der Waals surface area (Å²) in [4.78, 5) is 64.1. The molecule has 2 aromatic rings. The first-order chi connectivity index (χ1) is 21.1. The van der Waals surface area contributed by atoms with Gasteiger partial charge in [0.15, 0.2) is 11.5 Å². The lowest BCUT2D eigenvalue weighted by Crippen LogP contribution is -2.47. The standard InChI is InChI=1S/C35H47NO10/c1-21(42-28(37)24-15-13-12-14-16-24)22(2)43-29(38)25(36-32(41)46-35(9,10)11)19-23-17-18-26(44-30(39)33(3,4)5)27(20-23)45-31(40)34(6,7)8/h12-18,20-22,25H,19H2,1-11H3,(H,36,41)/t21-,22+,25+/m1/s1. The average Bonchev–Trinajstić information content (AvgIpc) is 2.92. The van der Waals surface area contributed by atoms with E-state index in [1.54, 1.807) is 113 Å². The Balaban J connectivity index is 2.36.